The van der Waals surface area contributed by atoms with Crippen LogP contribution in [-0.2, 0) is 9.84 Å². The van der Waals surface area contributed by atoms with Crippen molar-refractivity contribution in [2.75, 3.05) is 11.1 Å². The lowest BCUT2D eigenvalue weighted by Crippen LogP contribution is -2.13. The summed E-state index contributed by atoms with van der Waals surface area (Å²) < 4.78 is 29.0. The molecule has 0 saturated carbocycles. The Morgan fingerprint density at radius 3 is 2.13 bits per heavy atom. The van der Waals surface area contributed by atoms with Crippen LogP contribution in [0, 0.1) is 20.2 Å². The molecule has 1 amide bonds. The second-order valence-corrected chi connectivity index (χ2v) is 8.32. The number of hydrogen-bond donors (Lipinski definition) is 1. The van der Waals surface area contributed by atoms with Gasteiger partial charge >= 0.3 is 6.01 Å². The third-order valence-corrected chi connectivity index (χ3v) is 5.82. The Morgan fingerprint density at radius 2 is 1.61 bits per heavy atom. The van der Waals surface area contributed by atoms with Gasteiger partial charge in [0.2, 0.25) is 5.89 Å². The Hall–Kier alpha value is -4.20. The molecule has 1 aromatic heterocycles. The topological polar surface area (TPSA) is 188 Å². The molecule has 13 nitrogen and oxygen atoms in total. The van der Waals surface area contributed by atoms with Crippen LogP contribution in [0.15, 0.2) is 51.8 Å². The van der Waals surface area contributed by atoms with Crippen molar-refractivity contribution >= 4 is 33.1 Å². The van der Waals surface area contributed by atoms with Crippen molar-refractivity contribution in [2.24, 2.45) is 0 Å². The van der Waals surface area contributed by atoms with Gasteiger partial charge in [0.15, 0.2) is 9.84 Å². The highest BCUT2D eigenvalue weighted by molar-refractivity contribution is 7.91. The number of nitro benzene ring substituents is 2. The van der Waals surface area contributed by atoms with Crippen LogP contribution in [0.4, 0.5) is 17.4 Å². The van der Waals surface area contributed by atoms with Crippen molar-refractivity contribution in [2.45, 2.75) is 11.8 Å². The van der Waals surface area contributed by atoms with Gasteiger partial charge in [-0.05, 0) is 24.3 Å². The van der Waals surface area contributed by atoms with Crippen molar-refractivity contribution in [3.63, 3.8) is 0 Å². The van der Waals surface area contributed by atoms with E-state index in [1.165, 1.54) is 31.2 Å². The van der Waals surface area contributed by atoms with Crippen LogP contribution in [0.5, 0.6) is 0 Å². The Labute approximate surface area is 173 Å². The number of carbonyl (C=O) groups is 1. The predicted molar refractivity (Wildman–Crippen MR) is 105 cm³/mol. The zero-order valence-corrected chi connectivity index (χ0v) is 16.5. The van der Waals surface area contributed by atoms with Crippen molar-refractivity contribution in [3.05, 3.63) is 68.3 Å². The molecule has 0 bridgehead atoms. The molecule has 0 fully saturated rings. The number of aromatic nitrogens is 2. The summed E-state index contributed by atoms with van der Waals surface area (Å²) in [5.74, 6) is -1.02. The lowest BCUT2D eigenvalue weighted by atomic mass is 10.1. The number of benzene rings is 2. The Balaban J connectivity index is 1.82. The number of rotatable bonds is 7. The van der Waals surface area contributed by atoms with E-state index in [1.807, 2.05) is 0 Å². The van der Waals surface area contributed by atoms with E-state index in [-0.39, 0.29) is 28.1 Å². The quantitative estimate of drug-likeness (QED) is 0.416. The number of amides is 1. The van der Waals surface area contributed by atoms with Gasteiger partial charge in [-0.15, -0.1) is 5.10 Å². The third-order valence-electron chi connectivity index (χ3n) is 4.07. The summed E-state index contributed by atoms with van der Waals surface area (Å²) in [6.07, 6.45) is 0. The standard InChI is InChI=1S/C17H13N5O8S/c1-2-31(28,29)14-5-3-10(4-6-14)16-19-20-17(30-16)18-15(23)11-7-12(21(24)25)9-13(8-11)22(26)27/h3-9H,2H2,1H3,(H,18,20,23). The van der Waals surface area contributed by atoms with Crippen LogP contribution in [0.2, 0.25) is 0 Å². The Bertz CT molecular complexity index is 1250. The zero-order valence-electron chi connectivity index (χ0n) is 15.7. The van der Waals surface area contributed by atoms with Gasteiger partial charge in [0.1, 0.15) is 0 Å². The van der Waals surface area contributed by atoms with Crippen LogP contribution in [0.25, 0.3) is 11.5 Å². The molecule has 0 aliphatic heterocycles. The highest BCUT2D eigenvalue weighted by Gasteiger charge is 2.21. The number of carbonyl (C=O) groups excluding carboxylic acids is 1. The zero-order chi connectivity index (χ0) is 22.8. The first-order chi connectivity index (χ1) is 14.6. The monoisotopic (exact) mass is 447 g/mol. The maximum atomic E-state index is 12.3. The predicted octanol–water partition coefficient (Wildman–Crippen LogP) is 2.60. The highest BCUT2D eigenvalue weighted by Crippen LogP contribution is 2.25. The molecule has 0 spiro atoms. The van der Waals surface area contributed by atoms with E-state index in [2.05, 4.69) is 15.5 Å². The van der Waals surface area contributed by atoms with Crippen LogP contribution < -0.4 is 5.32 Å². The lowest BCUT2D eigenvalue weighted by molar-refractivity contribution is -0.394. The average Bonchev–Trinajstić information content (AvgIpc) is 3.21. The molecule has 0 aliphatic carbocycles. The molecule has 3 aromatic rings. The van der Waals surface area contributed by atoms with Crippen molar-refractivity contribution in [1.29, 1.82) is 0 Å². The minimum absolute atomic E-state index is 0.0271. The van der Waals surface area contributed by atoms with E-state index in [0.717, 1.165) is 18.2 Å². The van der Waals surface area contributed by atoms with E-state index in [9.17, 15) is 33.4 Å². The van der Waals surface area contributed by atoms with Gasteiger partial charge in [0.25, 0.3) is 17.3 Å². The van der Waals surface area contributed by atoms with Gasteiger partial charge in [0.05, 0.1) is 32.1 Å². The van der Waals surface area contributed by atoms with Crippen LogP contribution in [-0.4, -0.2) is 40.1 Å². The molecule has 1 N–H and O–H groups in total. The summed E-state index contributed by atoms with van der Waals surface area (Å²) >= 11 is 0. The summed E-state index contributed by atoms with van der Waals surface area (Å²) in [5, 5.41) is 31.5. The molecule has 160 valence electrons. The molecule has 0 saturated heterocycles. The Kier molecular flexibility index (Phi) is 5.74. The number of nitrogens with one attached hydrogen (secondary N) is 1. The molecule has 0 atom stereocenters. The van der Waals surface area contributed by atoms with Gasteiger partial charge in [-0.1, -0.05) is 12.0 Å². The largest absolute Gasteiger partial charge is 0.403 e. The minimum atomic E-state index is -3.38. The van der Waals surface area contributed by atoms with Gasteiger partial charge in [-0.3, -0.25) is 30.3 Å². The fourth-order valence-electron chi connectivity index (χ4n) is 2.47. The molecule has 0 aliphatic rings. The molecule has 1 heterocycles. The molecular formula is C17H13N5O8S. The molecule has 2 aromatic carbocycles. The first-order valence-electron chi connectivity index (χ1n) is 8.52. The molecule has 3 rings (SSSR count). The fraction of sp³-hybridized carbons (Fsp3) is 0.118. The first-order valence-corrected chi connectivity index (χ1v) is 10.2. The SMILES string of the molecule is CCS(=O)(=O)c1ccc(-c2nnc(NC(=O)c3cc([N+](=O)[O-])cc([N+](=O)[O-])c3)o2)cc1. The summed E-state index contributed by atoms with van der Waals surface area (Å²) in [7, 11) is -3.38. The average molecular weight is 447 g/mol. The minimum Gasteiger partial charge on any atom is -0.403 e. The number of hydrogen-bond acceptors (Lipinski definition) is 10. The second-order valence-electron chi connectivity index (χ2n) is 6.05. The molecule has 31 heavy (non-hydrogen) atoms. The first kappa shape index (κ1) is 21.5. The van der Waals surface area contributed by atoms with Crippen molar-refractivity contribution in [1.82, 2.24) is 10.2 Å². The number of nitro groups is 2. The van der Waals surface area contributed by atoms with Crippen molar-refractivity contribution in [3.8, 4) is 11.5 Å². The van der Waals surface area contributed by atoms with E-state index in [4.69, 9.17) is 4.42 Å². The number of nitrogens with zero attached hydrogens (tertiary/aromatic N) is 4. The summed E-state index contributed by atoms with van der Waals surface area (Å²) in [6, 6.07) is 7.75. The molecule has 14 heteroatoms. The third kappa shape index (κ3) is 4.69. The van der Waals surface area contributed by atoms with E-state index in [1.54, 1.807) is 0 Å². The molecule has 0 radical (unpaired) electrons. The second kappa shape index (κ2) is 8.27. The normalized spacial score (nSPS) is 11.1. The van der Waals surface area contributed by atoms with E-state index < -0.39 is 37.0 Å². The summed E-state index contributed by atoms with van der Waals surface area (Å²) in [6.45, 7) is 1.52. The van der Waals surface area contributed by atoms with E-state index in [0.29, 0.717) is 5.56 Å². The lowest BCUT2D eigenvalue weighted by Gasteiger charge is -2.02. The smallest absolute Gasteiger partial charge is 0.322 e. The number of non-ortho nitro benzene ring substituents is 2. The van der Waals surface area contributed by atoms with Crippen molar-refractivity contribution < 1.29 is 27.5 Å². The van der Waals surface area contributed by atoms with Gasteiger partial charge < -0.3 is 4.42 Å². The molecule has 0 unspecified atom stereocenters. The maximum absolute atomic E-state index is 12.3. The number of anilines is 1. The van der Waals surface area contributed by atoms with Gasteiger partial charge in [0, 0.05) is 17.7 Å². The van der Waals surface area contributed by atoms with Crippen LogP contribution >= 0.6 is 0 Å². The van der Waals surface area contributed by atoms with Gasteiger partial charge in [-0.2, -0.15) is 0 Å². The van der Waals surface area contributed by atoms with Gasteiger partial charge in [-0.25, -0.2) is 8.42 Å². The highest BCUT2D eigenvalue weighted by atomic mass is 32.2. The van der Waals surface area contributed by atoms with Crippen LogP contribution in [0.3, 0.4) is 0 Å². The fourth-order valence-corrected chi connectivity index (χ4v) is 3.35. The summed E-state index contributed by atoms with van der Waals surface area (Å²) in [5.41, 5.74) is -1.23. The maximum Gasteiger partial charge on any atom is 0.322 e. The van der Waals surface area contributed by atoms with Crippen LogP contribution in [0.1, 0.15) is 17.3 Å². The molecular weight excluding hydrogens is 434 g/mol. The number of sulfone groups is 1. The summed E-state index contributed by atoms with van der Waals surface area (Å²) in [4.78, 5) is 32.6. The Morgan fingerprint density at radius 1 is 1.03 bits per heavy atom. The van der Waals surface area contributed by atoms with E-state index >= 15 is 0 Å².